The molecule has 0 radical (unpaired) electrons. The van der Waals surface area contributed by atoms with Gasteiger partial charge in [0.1, 0.15) is 10.7 Å². The molecule has 0 aliphatic carbocycles. The number of aryl methyl sites for hydroxylation is 1. The molecule has 2 N–H and O–H groups in total. The Balaban J connectivity index is 1.83. The van der Waals surface area contributed by atoms with E-state index in [9.17, 15) is 4.79 Å². The van der Waals surface area contributed by atoms with Gasteiger partial charge in [-0.05, 0) is 19.4 Å². The average Bonchev–Trinajstić information content (AvgIpc) is 3.06. The minimum absolute atomic E-state index is 0.303. The number of hydrogen-bond donors (Lipinski definition) is 2. The molecule has 0 bridgehead atoms. The van der Waals surface area contributed by atoms with Crippen LogP contribution in [0.3, 0.4) is 0 Å². The number of nitrogens with one attached hydrogen (secondary N) is 2. The van der Waals surface area contributed by atoms with E-state index in [-0.39, 0.29) is 0 Å². The van der Waals surface area contributed by atoms with Crippen LogP contribution in [0.5, 0.6) is 0 Å². The number of ether oxygens (including phenoxy) is 1. The summed E-state index contributed by atoms with van der Waals surface area (Å²) < 4.78 is 4.98. The maximum atomic E-state index is 11.9. The van der Waals surface area contributed by atoms with Crippen molar-refractivity contribution in [2.24, 2.45) is 5.10 Å². The monoisotopic (exact) mass is 380 g/mol. The van der Waals surface area contributed by atoms with Crippen molar-refractivity contribution in [1.82, 2.24) is 4.98 Å². The maximum absolute atomic E-state index is 11.9. The third-order valence-corrected chi connectivity index (χ3v) is 4.49. The zero-order valence-corrected chi connectivity index (χ0v) is 15.9. The molecule has 0 unspecified atom stereocenters. The van der Waals surface area contributed by atoms with E-state index in [2.05, 4.69) is 20.8 Å². The Morgan fingerprint density at radius 1 is 1.19 bits per heavy atom. The molecular formula is C20H20N4O2S. The Morgan fingerprint density at radius 3 is 2.63 bits per heavy atom. The first kappa shape index (κ1) is 18.6. The fourth-order valence-corrected chi connectivity index (χ4v) is 3.14. The summed E-state index contributed by atoms with van der Waals surface area (Å²) in [6, 6.07) is 17.7. The summed E-state index contributed by atoms with van der Waals surface area (Å²) in [6.45, 7) is 4.09. The van der Waals surface area contributed by atoms with E-state index in [4.69, 9.17) is 4.74 Å². The Bertz CT molecular complexity index is 921. The van der Waals surface area contributed by atoms with Crippen LogP contribution in [-0.2, 0) is 4.74 Å². The molecule has 1 amide bonds. The van der Waals surface area contributed by atoms with Gasteiger partial charge in [0.05, 0.1) is 12.8 Å². The summed E-state index contributed by atoms with van der Waals surface area (Å²) in [6.07, 6.45) is 1.21. The number of aromatic nitrogens is 1. The molecule has 27 heavy (non-hydrogen) atoms. The Morgan fingerprint density at radius 2 is 1.93 bits per heavy atom. The second-order valence-electron chi connectivity index (χ2n) is 5.69. The molecule has 0 spiro atoms. The summed E-state index contributed by atoms with van der Waals surface area (Å²) >= 11 is 1.30. The Hall–Kier alpha value is -3.19. The molecule has 0 aliphatic heterocycles. The third-order valence-electron chi connectivity index (χ3n) is 3.62. The van der Waals surface area contributed by atoms with Crippen molar-refractivity contribution in [2.75, 3.05) is 17.3 Å². The zero-order chi connectivity index (χ0) is 19.1. The van der Waals surface area contributed by atoms with Crippen LogP contribution in [0.15, 0.2) is 59.7 Å². The first-order valence-corrected chi connectivity index (χ1v) is 9.33. The van der Waals surface area contributed by atoms with Gasteiger partial charge in [-0.3, -0.25) is 10.7 Å². The normalized spacial score (nSPS) is 10.7. The highest BCUT2D eigenvalue weighted by atomic mass is 32.1. The molecule has 3 aromatic rings. The van der Waals surface area contributed by atoms with E-state index < -0.39 is 6.09 Å². The highest BCUT2D eigenvalue weighted by Gasteiger charge is 2.16. The lowest BCUT2D eigenvalue weighted by molar-refractivity contribution is 0.168. The summed E-state index contributed by atoms with van der Waals surface area (Å²) in [4.78, 5) is 16.4. The quantitative estimate of drug-likeness (QED) is 0.459. The maximum Gasteiger partial charge on any atom is 0.412 e. The lowest BCUT2D eigenvalue weighted by Gasteiger charge is -2.05. The Labute approximate surface area is 161 Å². The topological polar surface area (TPSA) is 75.6 Å². The molecule has 0 aliphatic rings. The first-order chi connectivity index (χ1) is 13.2. The van der Waals surface area contributed by atoms with Gasteiger partial charge >= 0.3 is 6.09 Å². The molecule has 0 atom stereocenters. The number of anilines is 2. The summed E-state index contributed by atoms with van der Waals surface area (Å²) in [7, 11) is 0. The van der Waals surface area contributed by atoms with Gasteiger partial charge in [0, 0.05) is 5.56 Å². The fraction of sp³-hybridized carbons (Fsp3) is 0.150. The van der Waals surface area contributed by atoms with Gasteiger partial charge in [-0.2, -0.15) is 5.10 Å². The average molecular weight is 380 g/mol. The van der Waals surface area contributed by atoms with Gasteiger partial charge in [0.2, 0.25) is 5.13 Å². The number of carbonyl (C=O) groups excluding carboxylic acids is 1. The lowest BCUT2D eigenvalue weighted by Crippen LogP contribution is -2.12. The number of hydrazone groups is 1. The van der Waals surface area contributed by atoms with Crippen molar-refractivity contribution in [3.05, 3.63) is 65.7 Å². The van der Waals surface area contributed by atoms with Crippen molar-refractivity contribution >= 4 is 33.8 Å². The molecule has 7 heteroatoms. The van der Waals surface area contributed by atoms with Gasteiger partial charge < -0.3 is 4.74 Å². The molecule has 0 fully saturated rings. The lowest BCUT2D eigenvalue weighted by atomic mass is 10.1. The molecule has 0 saturated carbocycles. The SMILES string of the molecule is CCOC(=O)Nc1sc(N/N=C/c2ccccc2)nc1-c1ccc(C)cc1. The van der Waals surface area contributed by atoms with Gasteiger partial charge in [-0.15, -0.1) is 0 Å². The van der Waals surface area contributed by atoms with Gasteiger partial charge in [0.25, 0.3) is 0 Å². The van der Waals surface area contributed by atoms with Gasteiger partial charge in [0.15, 0.2) is 0 Å². The molecule has 1 heterocycles. The number of nitrogens with zero attached hydrogens (tertiary/aromatic N) is 2. The molecule has 6 nitrogen and oxygen atoms in total. The number of rotatable bonds is 6. The predicted octanol–water partition coefficient (Wildman–Crippen LogP) is 5.13. The van der Waals surface area contributed by atoms with E-state index in [1.807, 2.05) is 61.5 Å². The minimum Gasteiger partial charge on any atom is -0.450 e. The molecule has 3 rings (SSSR count). The second kappa shape index (κ2) is 8.95. The van der Waals surface area contributed by atoms with E-state index in [0.717, 1.165) is 16.7 Å². The van der Waals surface area contributed by atoms with Crippen LogP contribution < -0.4 is 10.7 Å². The summed E-state index contributed by atoms with van der Waals surface area (Å²) in [5.74, 6) is 0. The fourth-order valence-electron chi connectivity index (χ4n) is 2.32. The van der Waals surface area contributed by atoms with Gasteiger partial charge in [-0.25, -0.2) is 9.78 Å². The van der Waals surface area contributed by atoms with Crippen LogP contribution in [0, 0.1) is 6.92 Å². The third kappa shape index (κ3) is 5.15. The van der Waals surface area contributed by atoms with Crippen molar-refractivity contribution in [3.8, 4) is 11.3 Å². The van der Waals surface area contributed by atoms with Crippen molar-refractivity contribution < 1.29 is 9.53 Å². The molecule has 0 saturated heterocycles. The van der Waals surface area contributed by atoms with Gasteiger partial charge in [-0.1, -0.05) is 71.5 Å². The van der Waals surface area contributed by atoms with Crippen molar-refractivity contribution in [2.45, 2.75) is 13.8 Å². The van der Waals surface area contributed by atoms with E-state index in [0.29, 0.717) is 22.4 Å². The number of amides is 1. The Kier molecular flexibility index (Phi) is 6.17. The van der Waals surface area contributed by atoms with Crippen molar-refractivity contribution in [1.29, 1.82) is 0 Å². The predicted molar refractivity (Wildman–Crippen MR) is 111 cm³/mol. The van der Waals surface area contributed by atoms with Crippen LogP contribution >= 0.6 is 11.3 Å². The standard InChI is InChI=1S/C20H20N4O2S/c1-3-26-20(25)23-18-17(16-11-9-14(2)10-12-16)22-19(27-18)24-21-13-15-7-5-4-6-8-15/h4-13H,3H2,1-2H3,(H,22,24)(H,23,25)/b21-13+. The smallest absolute Gasteiger partial charge is 0.412 e. The van der Waals surface area contributed by atoms with E-state index >= 15 is 0 Å². The zero-order valence-electron chi connectivity index (χ0n) is 15.1. The largest absolute Gasteiger partial charge is 0.450 e. The summed E-state index contributed by atoms with van der Waals surface area (Å²) in [5, 5.41) is 8.15. The molecular weight excluding hydrogens is 360 g/mol. The van der Waals surface area contributed by atoms with Crippen LogP contribution in [-0.4, -0.2) is 23.9 Å². The molecule has 138 valence electrons. The van der Waals surface area contributed by atoms with Crippen LogP contribution in [0.1, 0.15) is 18.1 Å². The second-order valence-corrected chi connectivity index (χ2v) is 6.69. The first-order valence-electron chi connectivity index (χ1n) is 8.51. The number of thiazole rings is 1. The molecule has 2 aromatic carbocycles. The van der Waals surface area contributed by atoms with E-state index in [1.54, 1.807) is 13.1 Å². The summed E-state index contributed by atoms with van der Waals surface area (Å²) in [5.41, 5.74) is 6.63. The van der Waals surface area contributed by atoms with Crippen LogP contribution in [0.25, 0.3) is 11.3 Å². The number of carbonyl (C=O) groups is 1. The molecule has 1 aromatic heterocycles. The number of hydrogen-bond acceptors (Lipinski definition) is 6. The minimum atomic E-state index is -0.506. The highest BCUT2D eigenvalue weighted by molar-refractivity contribution is 7.20. The number of benzene rings is 2. The van der Waals surface area contributed by atoms with Crippen LogP contribution in [0.4, 0.5) is 14.9 Å². The highest BCUT2D eigenvalue weighted by Crippen LogP contribution is 2.36. The van der Waals surface area contributed by atoms with Crippen LogP contribution in [0.2, 0.25) is 0 Å². The van der Waals surface area contributed by atoms with E-state index in [1.165, 1.54) is 11.3 Å². The van der Waals surface area contributed by atoms with Crippen molar-refractivity contribution in [3.63, 3.8) is 0 Å².